The van der Waals surface area contributed by atoms with E-state index in [-0.39, 0.29) is 5.91 Å². The fourth-order valence-electron chi connectivity index (χ4n) is 3.18. The average Bonchev–Trinajstić information content (AvgIpc) is 3.18. The topological polar surface area (TPSA) is 60.2 Å². The second-order valence-electron chi connectivity index (χ2n) is 6.27. The van der Waals surface area contributed by atoms with Crippen LogP contribution in [0.25, 0.3) is 10.2 Å². The summed E-state index contributed by atoms with van der Waals surface area (Å²) in [5.74, 6) is 0.0214. The summed E-state index contributed by atoms with van der Waals surface area (Å²) < 4.78 is 1.20. The van der Waals surface area contributed by atoms with Gasteiger partial charge in [-0.3, -0.25) is 4.79 Å². The summed E-state index contributed by atoms with van der Waals surface area (Å²) in [5.41, 5.74) is 2.27. The predicted octanol–water partition coefficient (Wildman–Crippen LogP) is 3.85. The second kappa shape index (κ2) is 7.59. The molecule has 0 bridgehead atoms. The summed E-state index contributed by atoms with van der Waals surface area (Å²) in [4.78, 5) is 22.9. The van der Waals surface area contributed by atoms with Gasteiger partial charge in [0.2, 0.25) is 0 Å². The molecule has 0 spiro atoms. The van der Waals surface area contributed by atoms with Crippen molar-refractivity contribution in [2.75, 3.05) is 37.3 Å². The van der Waals surface area contributed by atoms with Crippen molar-refractivity contribution in [3.63, 3.8) is 0 Å². The predicted molar refractivity (Wildman–Crippen MR) is 111 cm³/mol. The second-order valence-corrected chi connectivity index (χ2v) is 8.13. The lowest BCUT2D eigenvalue weighted by atomic mass is 10.1. The Morgan fingerprint density at radius 2 is 1.89 bits per heavy atom. The van der Waals surface area contributed by atoms with Crippen LogP contribution < -0.4 is 4.90 Å². The van der Waals surface area contributed by atoms with Crippen molar-refractivity contribution in [2.24, 2.45) is 0 Å². The Labute approximate surface area is 166 Å². The molecule has 1 aliphatic heterocycles. The third kappa shape index (κ3) is 3.51. The fourth-order valence-corrected chi connectivity index (χ4v) is 4.85. The van der Waals surface area contributed by atoms with Crippen molar-refractivity contribution in [1.29, 1.82) is 5.26 Å². The van der Waals surface area contributed by atoms with Crippen molar-refractivity contribution in [1.82, 2.24) is 9.88 Å². The van der Waals surface area contributed by atoms with Crippen LogP contribution in [-0.2, 0) is 0 Å². The zero-order chi connectivity index (χ0) is 18.8. The first-order valence-corrected chi connectivity index (χ1v) is 10.7. The van der Waals surface area contributed by atoms with E-state index < -0.39 is 0 Å². The summed E-state index contributed by atoms with van der Waals surface area (Å²) in [5, 5.41) is 9.91. The minimum Gasteiger partial charge on any atom is -0.345 e. The van der Waals surface area contributed by atoms with Crippen LogP contribution >= 0.6 is 23.1 Å². The molecule has 1 amide bonds. The summed E-state index contributed by atoms with van der Waals surface area (Å²) in [6.07, 6.45) is 2.07. The maximum absolute atomic E-state index is 12.7. The Morgan fingerprint density at radius 3 is 2.56 bits per heavy atom. The van der Waals surface area contributed by atoms with Gasteiger partial charge in [-0.05, 0) is 42.7 Å². The maximum atomic E-state index is 12.7. The number of piperazine rings is 1. The van der Waals surface area contributed by atoms with Crippen molar-refractivity contribution in [3.8, 4) is 6.07 Å². The van der Waals surface area contributed by atoms with Crippen LogP contribution in [0.3, 0.4) is 0 Å². The lowest BCUT2D eigenvalue weighted by molar-refractivity contribution is 0.0747. The zero-order valence-corrected chi connectivity index (χ0v) is 16.5. The minimum absolute atomic E-state index is 0.0214. The molecule has 0 radical (unpaired) electrons. The van der Waals surface area contributed by atoms with Gasteiger partial charge < -0.3 is 9.80 Å². The SMILES string of the molecule is CSc1cccc2sc(N3CCN(C(=O)c4ccc(C#N)cc4)CC3)nc12. The number of thioether (sulfide) groups is 1. The number of para-hydroxylation sites is 1. The number of fused-ring (bicyclic) bond motifs is 1. The van der Waals surface area contributed by atoms with Gasteiger partial charge in [-0.15, -0.1) is 11.8 Å². The number of benzene rings is 2. The highest BCUT2D eigenvalue weighted by Crippen LogP contribution is 2.34. The highest BCUT2D eigenvalue weighted by atomic mass is 32.2. The van der Waals surface area contributed by atoms with Gasteiger partial charge >= 0.3 is 0 Å². The van der Waals surface area contributed by atoms with Gasteiger partial charge in [0.15, 0.2) is 5.13 Å². The number of aromatic nitrogens is 1. The molecule has 0 unspecified atom stereocenters. The van der Waals surface area contributed by atoms with Crippen molar-refractivity contribution in [2.45, 2.75) is 4.90 Å². The number of carbonyl (C=O) groups excluding carboxylic acids is 1. The molecule has 1 fully saturated rings. The molecule has 1 aliphatic rings. The molecule has 1 aromatic heterocycles. The van der Waals surface area contributed by atoms with E-state index in [0.29, 0.717) is 24.2 Å². The van der Waals surface area contributed by atoms with E-state index in [2.05, 4.69) is 35.4 Å². The van der Waals surface area contributed by atoms with E-state index in [1.165, 1.54) is 9.60 Å². The first kappa shape index (κ1) is 17.8. The molecule has 2 aromatic carbocycles. The number of hydrogen-bond donors (Lipinski definition) is 0. The van der Waals surface area contributed by atoms with Crippen molar-refractivity contribution >= 4 is 44.4 Å². The van der Waals surface area contributed by atoms with Gasteiger partial charge in [0, 0.05) is 36.6 Å². The minimum atomic E-state index is 0.0214. The smallest absolute Gasteiger partial charge is 0.253 e. The monoisotopic (exact) mass is 394 g/mol. The van der Waals surface area contributed by atoms with Crippen LogP contribution in [0, 0.1) is 11.3 Å². The normalized spacial score (nSPS) is 14.4. The first-order valence-electron chi connectivity index (χ1n) is 8.67. The lowest BCUT2D eigenvalue weighted by Gasteiger charge is -2.34. The van der Waals surface area contributed by atoms with Gasteiger partial charge in [0.05, 0.1) is 21.8 Å². The Balaban J connectivity index is 1.45. The maximum Gasteiger partial charge on any atom is 0.253 e. The van der Waals surface area contributed by atoms with E-state index >= 15 is 0 Å². The van der Waals surface area contributed by atoms with E-state index in [4.69, 9.17) is 10.2 Å². The van der Waals surface area contributed by atoms with Gasteiger partial charge in [0.25, 0.3) is 5.91 Å². The van der Waals surface area contributed by atoms with Crippen LogP contribution in [0.15, 0.2) is 47.4 Å². The third-order valence-corrected chi connectivity index (χ3v) is 6.54. The van der Waals surface area contributed by atoms with Gasteiger partial charge in [0.1, 0.15) is 0 Å². The Bertz CT molecular complexity index is 1010. The van der Waals surface area contributed by atoms with Crippen LogP contribution in [0.4, 0.5) is 5.13 Å². The Hall–Kier alpha value is -2.56. The van der Waals surface area contributed by atoms with E-state index in [1.807, 2.05) is 4.90 Å². The number of anilines is 1. The van der Waals surface area contributed by atoms with Gasteiger partial charge in [-0.1, -0.05) is 17.4 Å². The van der Waals surface area contributed by atoms with E-state index in [0.717, 1.165) is 23.7 Å². The number of carbonyl (C=O) groups is 1. The van der Waals surface area contributed by atoms with Crippen LogP contribution in [0.5, 0.6) is 0 Å². The number of rotatable bonds is 3. The molecule has 0 N–H and O–H groups in total. The largest absolute Gasteiger partial charge is 0.345 e. The molecule has 136 valence electrons. The standard InChI is InChI=1S/C20H18N4OS2/c1-26-16-3-2-4-17-18(16)22-20(27-17)24-11-9-23(10-12-24)19(25)15-7-5-14(13-21)6-8-15/h2-8H,9-12H2,1H3. The Kier molecular flexibility index (Phi) is 5.01. The molecule has 7 heteroatoms. The number of thiazole rings is 1. The quantitative estimate of drug-likeness (QED) is 0.632. The van der Waals surface area contributed by atoms with Crippen LogP contribution in [-0.4, -0.2) is 48.2 Å². The molecule has 3 aromatic rings. The summed E-state index contributed by atoms with van der Waals surface area (Å²) in [6, 6.07) is 15.2. The first-order chi connectivity index (χ1) is 13.2. The highest BCUT2D eigenvalue weighted by Gasteiger charge is 2.24. The van der Waals surface area contributed by atoms with Gasteiger partial charge in [-0.2, -0.15) is 5.26 Å². The number of hydrogen-bond acceptors (Lipinski definition) is 6. The summed E-state index contributed by atoms with van der Waals surface area (Å²) in [7, 11) is 0. The fraction of sp³-hybridized carbons (Fsp3) is 0.250. The number of amides is 1. The molecule has 1 saturated heterocycles. The third-order valence-electron chi connectivity index (χ3n) is 4.69. The molecule has 5 nitrogen and oxygen atoms in total. The number of nitriles is 1. The van der Waals surface area contributed by atoms with Crippen molar-refractivity contribution in [3.05, 3.63) is 53.6 Å². The van der Waals surface area contributed by atoms with E-state index in [9.17, 15) is 4.79 Å². The zero-order valence-electron chi connectivity index (χ0n) is 14.9. The average molecular weight is 395 g/mol. The Morgan fingerprint density at radius 1 is 1.15 bits per heavy atom. The van der Waals surface area contributed by atoms with E-state index in [1.54, 1.807) is 47.4 Å². The molecular formula is C20H18N4OS2. The molecule has 0 atom stereocenters. The lowest BCUT2D eigenvalue weighted by Crippen LogP contribution is -2.48. The summed E-state index contributed by atoms with van der Waals surface area (Å²) >= 11 is 3.43. The summed E-state index contributed by atoms with van der Waals surface area (Å²) in [6.45, 7) is 2.89. The highest BCUT2D eigenvalue weighted by molar-refractivity contribution is 7.98. The van der Waals surface area contributed by atoms with Crippen LogP contribution in [0.2, 0.25) is 0 Å². The number of nitrogens with zero attached hydrogens (tertiary/aromatic N) is 4. The molecule has 0 aliphatic carbocycles. The molecular weight excluding hydrogens is 376 g/mol. The van der Waals surface area contributed by atoms with Gasteiger partial charge in [-0.25, -0.2) is 4.98 Å². The molecule has 2 heterocycles. The molecule has 27 heavy (non-hydrogen) atoms. The molecule has 4 rings (SSSR count). The van der Waals surface area contributed by atoms with Crippen molar-refractivity contribution < 1.29 is 4.79 Å². The van der Waals surface area contributed by atoms with Crippen LogP contribution in [0.1, 0.15) is 15.9 Å². The molecule has 0 saturated carbocycles.